The molecule has 0 aliphatic heterocycles. The van der Waals surface area contributed by atoms with Crippen molar-refractivity contribution in [2.24, 2.45) is 5.41 Å². The molecule has 31 heavy (non-hydrogen) atoms. The molecular weight excluding hydrogens is 396 g/mol. The van der Waals surface area contributed by atoms with Gasteiger partial charge in [-0.25, -0.2) is 0 Å². The second-order valence-corrected chi connectivity index (χ2v) is 10.00. The van der Waals surface area contributed by atoms with Gasteiger partial charge in [0.25, 0.3) is 0 Å². The average Bonchev–Trinajstić information content (AvgIpc) is 2.77. The number of carbonyl (C=O) groups is 1. The summed E-state index contributed by atoms with van der Waals surface area (Å²) in [6.07, 6.45) is 5.98. The Balaban J connectivity index is 1.93. The van der Waals surface area contributed by atoms with Crippen molar-refractivity contribution in [1.82, 2.24) is 0 Å². The van der Waals surface area contributed by atoms with Gasteiger partial charge in [0.2, 0.25) is 0 Å². The molecule has 0 aliphatic rings. The van der Waals surface area contributed by atoms with Crippen LogP contribution in [0.15, 0.2) is 103 Å². The Morgan fingerprint density at radius 1 is 0.774 bits per heavy atom. The molecule has 3 rings (SSSR count). The van der Waals surface area contributed by atoms with E-state index < -0.39 is 0 Å². The number of hydrogen-bond donors (Lipinski definition) is 0. The van der Waals surface area contributed by atoms with Crippen molar-refractivity contribution in [3.63, 3.8) is 0 Å². The molecule has 0 radical (unpaired) electrons. The molecule has 0 unspecified atom stereocenters. The molecule has 160 valence electrons. The van der Waals surface area contributed by atoms with E-state index in [1.165, 1.54) is 16.7 Å². The van der Waals surface area contributed by atoms with Gasteiger partial charge in [-0.1, -0.05) is 117 Å². The zero-order valence-electron chi connectivity index (χ0n) is 18.8. The Bertz CT molecular complexity index is 878. The van der Waals surface area contributed by atoms with Crippen LogP contribution in [-0.2, 0) is 9.54 Å². The van der Waals surface area contributed by atoms with Crippen LogP contribution in [0.2, 0.25) is 0 Å². The van der Waals surface area contributed by atoms with Gasteiger partial charge in [-0.3, -0.25) is 4.79 Å². The Morgan fingerprint density at radius 3 is 1.58 bits per heavy atom. The maximum Gasteiger partial charge on any atom is 0.130 e. The van der Waals surface area contributed by atoms with Gasteiger partial charge in [0.05, 0.1) is 4.75 Å². The van der Waals surface area contributed by atoms with E-state index in [4.69, 9.17) is 0 Å². The van der Waals surface area contributed by atoms with E-state index in [-0.39, 0.29) is 15.9 Å². The average molecular weight is 429 g/mol. The van der Waals surface area contributed by atoms with Gasteiger partial charge in [-0.2, -0.15) is 0 Å². The monoisotopic (exact) mass is 428 g/mol. The fraction of sp³-hybridized carbons (Fsp3) is 0.276. The van der Waals surface area contributed by atoms with Crippen LogP contribution in [0.25, 0.3) is 0 Å². The molecule has 0 aliphatic carbocycles. The maximum atomic E-state index is 11.5. The zero-order chi connectivity index (χ0) is 22.2. The first-order valence-electron chi connectivity index (χ1n) is 10.9. The topological polar surface area (TPSA) is 17.1 Å². The molecule has 0 saturated carbocycles. The SMILES string of the molecule is CC(=O)CC(C)(C)/C=C/CCSC(c1ccccc1)(c1ccccc1)c1ccccc1. The summed E-state index contributed by atoms with van der Waals surface area (Å²) in [5.74, 6) is 1.21. The van der Waals surface area contributed by atoms with Crippen LogP contribution >= 0.6 is 11.8 Å². The van der Waals surface area contributed by atoms with Gasteiger partial charge in [0.15, 0.2) is 0 Å². The van der Waals surface area contributed by atoms with E-state index in [1.807, 2.05) is 11.8 Å². The first-order chi connectivity index (χ1) is 14.9. The van der Waals surface area contributed by atoms with Crippen molar-refractivity contribution in [1.29, 1.82) is 0 Å². The highest BCUT2D eigenvalue weighted by molar-refractivity contribution is 8.00. The molecule has 0 saturated heterocycles. The first-order valence-corrected chi connectivity index (χ1v) is 11.9. The standard InChI is InChI=1S/C29H32OS/c1-24(30)23-28(2,3)21-13-14-22-31-29(25-15-7-4-8-16-25,26-17-9-5-10-18-26)27-19-11-6-12-20-27/h4-13,15-21H,14,22-23H2,1-3H3/b21-13+. The van der Waals surface area contributed by atoms with Crippen LogP contribution in [-0.4, -0.2) is 11.5 Å². The largest absolute Gasteiger partial charge is 0.300 e. The number of rotatable bonds is 10. The Morgan fingerprint density at radius 2 is 1.19 bits per heavy atom. The number of benzene rings is 3. The highest BCUT2D eigenvalue weighted by atomic mass is 32.2. The summed E-state index contributed by atoms with van der Waals surface area (Å²) in [4.78, 5) is 11.5. The minimum absolute atomic E-state index is 0.0914. The summed E-state index contributed by atoms with van der Waals surface area (Å²) in [7, 11) is 0. The number of carbonyl (C=O) groups excluding carboxylic acids is 1. The predicted octanol–water partition coefficient (Wildman–Crippen LogP) is 7.66. The molecular formula is C29H32OS. The molecule has 0 aromatic heterocycles. The third kappa shape index (κ3) is 5.98. The molecule has 0 spiro atoms. The number of hydrogen-bond acceptors (Lipinski definition) is 2. The van der Waals surface area contributed by atoms with E-state index in [9.17, 15) is 4.79 Å². The van der Waals surface area contributed by atoms with E-state index in [2.05, 4.69) is 117 Å². The van der Waals surface area contributed by atoms with Crippen LogP contribution in [0.1, 0.15) is 50.3 Å². The van der Waals surface area contributed by atoms with Crippen molar-refractivity contribution in [3.05, 3.63) is 120 Å². The van der Waals surface area contributed by atoms with E-state index >= 15 is 0 Å². The quantitative estimate of drug-likeness (QED) is 0.187. The third-order valence-corrected chi connectivity index (χ3v) is 7.00. The van der Waals surface area contributed by atoms with E-state index in [0.717, 1.165) is 12.2 Å². The van der Waals surface area contributed by atoms with Crippen LogP contribution in [0.5, 0.6) is 0 Å². The minimum Gasteiger partial charge on any atom is -0.300 e. The van der Waals surface area contributed by atoms with Gasteiger partial charge in [-0.15, -0.1) is 11.8 Å². The molecule has 3 aromatic rings. The Kier molecular flexibility index (Phi) is 7.92. The van der Waals surface area contributed by atoms with Crippen LogP contribution in [0.4, 0.5) is 0 Å². The lowest BCUT2D eigenvalue weighted by molar-refractivity contribution is -0.118. The summed E-state index contributed by atoms with van der Waals surface area (Å²) < 4.78 is -0.271. The highest BCUT2D eigenvalue weighted by Gasteiger charge is 2.36. The summed E-state index contributed by atoms with van der Waals surface area (Å²) in [6, 6.07) is 32.4. The van der Waals surface area contributed by atoms with Crippen molar-refractivity contribution in [2.45, 2.75) is 38.4 Å². The van der Waals surface area contributed by atoms with E-state index in [1.54, 1.807) is 6.92 Å². The van der Waals surface area contributed by atoms with Crippen molar-refractivity contribution >= 4 is 17.5 Å². The molecule has 3 aromatic carbocycles. The normalized spacial score (nSPS) is 12.2. The highest BCUT2D eigenvalue weighted by Crippen LogP contribution is 2.48. The lowest BCUT2D eigenvalue weighted by Gasteiger charge is -2.35. The summed E-state index contributed by atoms with van der Waals surface area (Å²) in [6.45, 7) is 5.92. The van der Waals surface area contributed by atoms with Gasteiger partial charge in [0.1, 0.15) is 5.78 Å². The third-order valence-electron chi connectivity index (χ3n) is 5.42. The fourth-order valence-electron chi connectivity index (χ4n) is 4.15. The first kappa shape index (κ1) is 23.1. The van der Waals surface area contributed by atoms with E-state index in [0.29, 0.717) is 6.42 Å². The molecule has 0 amide bonds. The van der Waals surface area contributed by atoms with Crippen molar-refractivity contribution in [3.8, 4) is 0 Å². The number of thioether (sulfide) groups is 1. The second-order valence-electron chi connectivity index (χ2n) is 8.69. The number of ketones is 1. The summed E-state index contributed by atoms with van der Waals surface area (Å²) >= 11 is 1.97. The Hall–Kier alpha value is -2.58. The number of Topliss-reactive ketones (excluding diaryl/α,β-unsaturated/α-hetero) is 1. The van der Waals surface area contributed by atoms with Gasteiger partial charge in [-0.05, 0) is 41.2 Å². The molecule has 1 nitrogen and oxygen atoms in total. The molecule has 0 fully saturated rings. The van der Waals surface area contributed by atoms with Gasteiger partial charge in [0, 0.05) is 6.42 Å². The molecule has 0 atom stereocenters. The molecule has 0 bridgehead atoms. The number of allylic oxidation sites excluding steroid dienone is 2. The van der Waals surface area contributed by atoms with Crippen molar-refractivity contribution < 1.29 is 4.79 Å². The molecule has 0 N–H and O–H groups in total. The van der Waals surface area contributed by atoms with Crippen molar-refractivity contribution in [2.75, 3.05) is 5.75 Å². The van der Waals surface area contributed by atoms with Crippen LogP contribution in [0, 0.1) is 5.41 Å². The predicted molar refractivity (Wildman–Crippen MR) is 135 cm³/mol. The molecule has 2 heteroatoms. The lowest BCUT2D eigenvalue weighted by Crippen LogP contribution is -2.26. The smallest absolute Gasteiger partial charge is 0.130 e. The van der Waals surface area contributed by atoms with Gasteiger partial charge < -0.3 is 0 Å². The Labute approximate surface area is 191 Å². The van der Waals surface area contributed by atoms with Gasteiger partial charge >= 0.3 is 0 Å². The lowest BCUT2D eigenvalue weighted by atomic mass is 9.84. The summed E-state index contributed by atoms with van der Waals surface area (Å²) in [5, 5.41) is 0. The zero-order valence-corrected chi connectivity index (χ0v) is 19.6. The maximum absolute atomic E-state index is 11.5. The summed E-state index contributed by atoms with van der Waals surface area (Å²) in [5.41, 5.74) is 3.78. The fourth-order valence-corrected chi connectivity index (χ4v) is 5.62. The van der Waals surface area contributed by atoms with Crippen LogP contribution < -0.4 is 0 Å². The molecule has 0 heterocycles. The second kappa shape index (κ2) is 10.6. The van der Waals surface area contributed by atoms with Crippen LogP contribution in [0.3, 0.4) is 0 Å². The minimum atomic E-state index is -0.271.